The minimum Gasteiger partial charge on any atom is -0.481 e. The van der Waals surface area contributed by atoms with E-state index >= 15 is 0 Å². The van der Waals surface area contributed by atoms with E-state index in [-0.39, 0.29) is 24.7 Å². The molecule has 0 heterocycles. The fraction of sp³-hybridized carbons (Fsp3) is 0.833. The highest BCUT2D eigenvalue weighted by Crippen LogP contribution is 1.93. The van der Waals surface area contributed by atoms with Crippen LogP contribution in [0.25, 0.3) is 0 Å². The highest BCUT2D eigenvalue weighted by atomic mass is 32.1. The maximum Gasteiger partial charge on any atom is 0.313 e. The fourth-order valence-corrected chi connectivity index (χ4v) is 0.544. The first-order valence-electron chi connectivity index (χ1n) is 6.11. The second-order valence-electron chi connectivity index (χ2n) is 3.78. The number of carbonyl (C=O) groups is 2. The van der Waals surface area contributed by atoms with Crippen LogP contribution in [0.1, 0.15) is 27.7 Å². The van der Waals surface area contributed by atoms with E-state index in [0.717, 1.165) is 0 Å². The average Bonchev–Trinajstić information content (AvgIpc) is 2.38. The minimum absolute atomic E-state index is 0.0833. The number of carboxylic acids is 2. The zero-order chi connectivity index (χ0) is 17.8. The lowest BCUT2D eigenvalue weighted by atomic mass is 10.4. The van der Waals surface area contributed by atoms with Gasteiger partial charge in [0.2, 0.25) is 0 Å². The summed E-state index contributed by atoms with van der Waals surface area (Å²) in [6.07, 6.45) is 0.750. The van der Waals surface area contributed by atoms with Crippen molar-refractivity contribution in [3.63, 3.8) is 0 Å². The third kappa shape index (κ3) is 82.5. The molecule has 0 radical (unpaired) electrons. The number of aliphatic hydroxyl groups is 2. The van der Waals surface area contributed by atoms with E-state index in [1.807, 2.05) is 27.7 Å². The predicted molar refractivity (Wildman–Crippen MR) is 88.5 cm³/mol. The van der Waals surface area contributed by atoms with Crippen LogP contribution >= 0.6 is 25.3 Å². The molecule has 0 saturated heterocycles. The molecule has 4 N–H and O–H groups in total. The Kier molecular flexibility index (Phi) is 33.5. The van der Waals surface area contributed by atoms with Crippen molar-refractivity contribution >= 4 is 37.2 Å². The number of hydrogen-bond donors (Lipinski definition) is 6. The zero-order valence-corrected chi connectivity index (χ0v) is 14.7. The summed E-state index contributed by atoms with van der Waals surface area (Å²) >= 11 is 6.83. The lowest BCUT2D eigenvalue weighted by Gasteiger charge is -2.09. The van der Waals surface area contributed by atoms with Crippen molar-refractivity contribution in [1.29, 1.82) is 0 Å². The van der Waals surface area contributed by atoms with E-state index in [1.165, 1.54) is 0 Å². The van der Waals surface area contributed by atoms with Crippen LogP contribution in [0.4, 0.5) is 0 Å². The van der Waals surface area contributed by atoms with Gasteiger partial charge in [-0.25, -0.2) is 0 Å². The summed E-state index contributed by atoms with van der Waals surface area (Å²) < 4.78 is 5.25. The van der Waals surface area contributed by atoms with Gasteiger partial charge in [-0.1, -0.05) is 0 Å². The van der Waals surface area contributed by atoms with Crippen molar-refractivity contribution < 1.29 is 34.8 Å². The molecule has 0 aliphatic carbocycles. The Hall–Kier alpha value is -0.480. The molecule has 0 atom stereocenters. The zero-order valence-electron chi connectivity index (χ0n) is 12.9. The fourth-order valence-electron chi connectivity index (χ4n) is 0.544. The molecule has 0 saturated carbocycles. The normalized spacial score (nSPS) is 8.67. The molecule has 0 amide bonds. The van der Waals surface area contributed by atoms with E-state index in [9.17, 15) is 9.59 Å². The molecule has 0 fully saturated rings. The summed E-state index contributed by atoms with van der Waals surface area (Å²) in [6, 6.07) is 0. The van der Waals surface area contributed by atoms with Crippen LogP contribution < -0.4 is 0 Å². The van der Waals surface area contributed by atoms with Gasteiger partial charge in [-0.15, -0.1) is 0 Å². The third-order valence-corrected chi connectivity index (χ3v) is 1.46. The van der Waals surface area contributed by atoms with Crippen LogP contribution in [0.15, 0.2) is 0 Å². The lowest BCUT2D eigenvalue weighted by molar-refractivity contribution is -0.134. The second-order valence-corrected chi connectivity index (χ2v) is 4.42. The third-order valence-electron chi connectivity index (χ3n) is 0.915. The number of carboxylic acid groups (broad SMARTS) is 2. The second kappa shape index (κ2) is 24.5. The molecule has 0 bridgehead atoms. The van der Waals surface area contributed by atoms with E-state index < -0.39 is 11.9 Å². The van der Waals surface area contributed by atoms with Crippen LogP contribution in [0.5, 0.6) is 0 Å². The number of aliphatic carboxylic acids is 2. The summed E-state index contributed by atoms with van der Waals surface area (Å²) in [5, 5.41) is 30.5. The Morgan fingerprint density at radius 3 is 1.05 bits per heavy atom. The number of thiol groups is 2. The molecular formula is C12H28O7S2. The van der Waals surface area contributed by atoms with Gasteiger partial charge in [0.05, 0.1) is 36.9 Å². The minimum atomic E-state index is -0.881. The van der Waals surface area contributed by atoms with Crippen molar-refractivity contribution in [1.82, 2.24) is 0 Å². The monoisotopic (exact) mass is 348 g/mol. The topological polar surface area (TPSA) is 124 Å². The summed E-state index contributed by atoms with van der Waals surface area (Å²) in [4.78, 5) is 18.6. The Bertz CT molecular complexity index is 202. The van der Waals surface area contributed by atoms with Gasteiger partial charge in [0.25, 0.3) is 0 Å². The van der Waals surface area contributed by atoms with E-state index in [1.54, 1.807) is 0 Å². The number of hydrogen-bond acceptors (Lipinski definition) is 7. The smallest absolute Gasteiger partial charge is 0.313 e. The first kappa shape index (κ1) is 28.6. The van der Waals surface area contributed by atoms with Crippen molar-refractivity contribution in [3.8, 4) is 0 Å². The Balaban J connectivity index is -0.0000000939. The predicted octanol–water partition coefficient (Wildman–Crippen LogP) is 0.792. The Labute approximate surface area is 137 Å². The van der Waals surface area contributed by atoms with E-state index in [4.69, 9.17) is 25.2 Å². The molecule has 0 aliphatic heterocycles. The number of aliphatic hydroxyl groups excluding tert-OH is 2. The summed E-state index contributed by atoms with van der Waals surface area (Å²) in [7, 11) is 0. The average molecular weight is 348 g/mol. The molecule has 0 aliphatic rings. The molecule has 0 rings (SSSR count). The first-order chi connectivity index (χ1) is 9.58. The SMILES string of the molecule is CC(C)OC(C)C.O=C(O)CS.O=C(O)CS.OCCO. The standard InChI is InChI=1S/C6H14O.2C2H4O2S.C2H6O2/c1-5(2)7-6(3)4;2*3-2(4)1-5;3-1-2-4/h5-6H,1-4H3;2*5H,1H2,(H,3,4);3-4H,1-2H2. The molecule has 130 valence electrons. The van der Waals surface area contributed by atoms with Crippen molar-refractivity contribution in [3.05, 3.63) is 0 Å². The summed E-state index contributed by atoms with van der Waals surface area (Å²) in [5.41, 5.74) is 0. The molecule has 0 aromatic heterocycles. The highest BCUT2D eigenvalue weighted by Gasteiger charge is 1.94. The van der Waals surface area contributed by atoms with Crippen LogP contribution in [0.2, 0.25) is 0 Å². The van der Waals surface area contributed by atoms with Gasteiger partial charge < -0.3 is 25.2 Å². The highest BCUT2D eigenvalue weighted by molar-refractivity contribution is 7.81. The summed E-state index contributed by atoms with van der Waals surface area (Å²) in [5.74, 6) is -1.93. The maximum atomic E-state index is 9.29. The molecule has 7 nitrogen and oxygen atoms in total. The number of ether oxygens (including phenoxy) is 1. The van der Waals surface area contributed by atoms with Gasteiger partial charge in [0.1, 0.15) is 0 Å². The lowest BCUT2D eigenvalue weighted by Crippen LogP contribution is -2.09. The molecular weight excluding hydrogens is 320 g/mol. The van der Waals surface area contributed by atoms with Gasteiger partial charge in [-0.2, -0.15) is 25.3 Å². The van der Waals surface area contributed by atoms with Gasteiger partial charge >= 0.3 is 11.9 Å². The number of rotatable bonds is 5. The molecule has 0 aromatic rings. The van der Waals surface area contributed by atoms with E-state index in [2.05, 4.69) is 25.3 Å². The van der Waals surface area contributed by atoms with Crippen LogP contribution in [0.3, 0.4) is 0 Å². The largest absolute Gasteiger partial charge is 0.481 e. The van der Waals surface area contributed by atoms with Gasteiger partial charge in [0.15, 0.2) is 0 Å². The Morgan fingerprint density at radius 1 is 0.857 bits per heavy atom. The van der Waals surface area contributed by atoms with Crippen molar-refractivity contribution in [2.24, 2.45) is 0 Å². The van der Waals surface area contributed by atoms with Crippen molar-refractivity contribution in [2.75, 3.05) is 24.7 Å². The van der Waals surface area contributed by atoms with Crippen LogP contribution in [0, 0.1) is 0 Å². The Morgan fingerprint density at radius 2 is 1.05 bits per heavy atom. The van der Waals surface area contributed by atoms with Crippen LogP contribution in [-0.4, -0.2) is 69.3 Å². The maximum absolute atomic E-state index is 9.29. The molecule has 21 heavy (non-hydrogen) atoms. The molecule has 0 unspecified atom stereocenters. The first-order valence-corrected chi connectivity index (χ1v) is 7.37. The van der Waals surface area contributed by atoms with Gasteiger partial charge in [0, 0.05) is 0 Å². The van der Waals surface area contributed by atoms with Gasteiger partial charge in [-0.05, 0) is 27.7 Å². The van der Waals surface area contributed by atoms with Crippen molar-refractivity contribution in [2.45, 2.75) is 39.9 Å². The molecule has 0 aromatic carbocycles. The quantitative estimate of drug-likeness (QED) is 0.406. The van der Waals surface area contributed by atoms with Gasteiger partial charge in [-0.3, -0.25) is 9.59 Å². The molecule has 0 spiro atoms. The molecule has 9 heteroatoms. The van der Waals surface area contributed by atoms with Crippen LogP contribution in [-0.2, 0) is 14.3 Å². The summed E-state index contributed by atoms with van der Waals surface area (Å²) in [6.45, 7) is 7.92. The van der Waals surface area contributed by atoms with E-state index in [0.29, 0.717) is 12.2 Å².